The van der Waals surface area contributed by atoms with E-state index in [-0.39, 0.29) is 31.8 Å². The van der Waals surface area contributed by atoms with Crippen LogP contribution in [-0.4, -0.2) is 87.0 Å². The molecule has 0 aliphatic heterocycles. The van der Waals surface area contributed by atoms with Crippen LogP contribution in [0.3, 0.4) is 0 Å². The summed E-state index contributed by atoms with van der Waals surface area (Å²) in [5.74, 6) is -5.50. The van der Waals surface area contributed by atoms with Gasteiger partial charge in [0.15, 0.2) is 5.96 Å². The van der Waals surface area contributed by atoms with Gasteiger partial charge in [-0.05, 0) is 12.8 Å². The molecule has 1 aromatic heterocycles. The van der Waals surface area contributed by atoms with Gasteiger partial charge in [-0.1, -0.05) is 0 Å². The Kier molecular flexibility index (Phi) is 11.5. The van der Waals surface area contributed by atoms with Crippen molar-refractivity contribution < 1.29 is 34.2 Å². The Labute approximate surface area is 193 Å². The molecule has 0 aliphatic carbocycles. The molecule has 0 saturated heterocycles. The summed E-state index contributed by atoms with van der Waals surface area (Å²) in [6.45, 7) is -0.459. The second-order valence-corrected chi connectivity index (χ2v) is 7.17. The summed E-state index contributed by atoms with van der Waals surface area (Å²) >= 11 is 0. The molecule has 0 saturated carbocycles. The molecule has 16 heteroatoms. The van der Waals surface area contributed by atoms with Crippen molar-refractivity contribution in [2.75, 3.05) is 13.1 Å². The Morgan fingerprint density at radius 3 is 2.35 bits per heavy atom. The summed E-state index contributed by atoms with van der Waals surface area (Å²) in [6.07, 6.45) is 2.40. The van der Waals surface area contributed by atoms with Gasteiger partial charge in [-0.25, -0.2) is 9.78 Å². The normalized spacial score (nSPS) is 13.1. The highest BCUT2D eigenvalue weighted by atomic mass is 16.4. The first-order valence-electron chi connectivity index (χ1n) is 10.1. The number of aliphatic carboxylic acids is 2. The molecule has 16 nitrogen and oxygen atoms in total. The number of carbonyl (C=O) groups is 5. The number of hydrogen-bond donors (Lipinski definition) is 9. The number of nitrogens with zero attached hydrogens (tertiary/aromatic N) is 2. The fraction of sp³-hybridized carbons (Fsp3) is 0.500. The van der Waals surface area contributed by atoms with Gasteiger partial charge in [0.25, 0.3) is 0 Å². The number of aromatic amines is 1. The molecule has 1 rings (SSSR count). The van der Waals surface area contributed by atoms with Crippen LogP contribution in [0.5, 0.6) is 0 Å². The van der Waals surface area contributed by atoms with E-state index in [9.17, 15) is 29.1 Å². The van der Waals surface area contributed by atoms with Crippen LogP contribution < -0.4 is 33.2 Å². The summed E-state index contributed by atoms with van der Waals surface area (Å²) in [7, 11) is 0. The first-order valence-corrected chi connectivity index (χ1v) is 10.1. The quantitative estimate of drug-likeness (QED) is 0.0657. The van der Waals surface area contributed by atoms with E-state index < -0.39 is 60.8 Å². The number of aliphatic imine (C=N–C) groups is 1. The van der Waals surface area contributed by atoms with Gasteiger partial charge in [-0.15, -0.1) is 0 Å². The van der Waals surface area contributed by atoms with E-state index >= 15 is 0 Å². The third-order valence-corrected chi connectivity index (χ3v) is 4.34. The second kappa shape index (κ2) is 14.0. The highest BCUT2D eigenvalue weighted by Gasteiger charge is 2.28. The minimum Gasteiger partial charge on any atom is -0.481 e. The summed E-state index contributed by atoms with van der Waals surface area (Å²) in [5.41, 5.74) is 16.7. The van der Waals surface area contributed by atoms with Crippen molar-refractivity contribution in [2.24, 2.45) is 22.2 Å². The van der Waals surface area contributed by atoms with Crippen LogP contribution in [0.1, 0.15) is 25.0 Å². The monoisotopic (exact) mass is 483 g/mol. The molecule has 0 spiro atoms. The molecule has 3 unspecified atom stereocenters. The fourth-order valence-corrected chi connectivity index (χ4v) is 2.69. The van der Waals surface area contributed by atoms with Gasteiger partial charge in [0.05, 0.1) is 25.3 Å². The highest BCUT2D eigenvalue weighted by molar-refractivity contribution is 5.94. The highest BCUT2D eigenvalue weighted by Crippen LogP contribution is 2.02. The van der Waals surface area contributed by atoms with Gasteiger partial charge in [-0.2, -0.15) is 0 Å². The SMILES string of the molecule is NC(N)=NCCCC(NC(=O)C(CC(=O)O)NC(=O)CNC(=O)C(N)Cc1cnc[nH]1)C(=O)O. The van der Waals surface area contributed by atoms with Crippen molar-refractivity contribution in [1.29, 1.82) is 0 Å². The summed E-state index contributed by atoms with van der Waals surface area (Å²) in [5, 5.41) is 25.0. The zero-order valence-electron chi connectivity index (χ0n) is 18.2. The van der Waals surface area contributed by atoms with Gasteiger partial charge >= 0.3 is 11.9 Å². The number of rotatable bonds is 15. The number of H-pyrrole nitrogens is 1. The molecular weight excluding hydrogens is 454 g/mol. The maximum Gasteiger partial charge on any atom is 0.326 e. The van der Waals surface area contributed by atoms with Crippen molar-refractivity contribution in [3.8, 4) is 0 Å². The topological polar surface area (TPSA) is 281 Å². The number of imidazole rings is 1. The van der Waals surface area contributed by atoms with E-state index in [1.54, 1.807) is 0 Å². The van der Waals surface area contributed by atoms with Crippen LogP contribution in [0, 0.1) is 0 Å². The zero-order valence-corrected chi connectivity index (χ0v) is 18.2. The Morgan fingerprint density at radius 2 is 1.79 bits per heavy atom. The predicted molar refractivity (Wildman–Crippen MR) is 117 cm³/mol. The Hall–Kier alpha value is -4.21. The van der Waals surface area contributed by atoms with Crippen molar-refractivity contribution in [1.82, 2.24) is 25.9 Å². The van der Waals surface area contributed by atoms with Crippen LogP contribution in [-0.2, 0) is 30.4 Å². The first kappa shape index (κ1) is 27.8. The third kappa shape index (κ3) is 10.9. The standard InChI is InChI=1S/C18H29N9O7/c19-10(4-9-6-22-8-25-9)15(31)24-7-13(28)26-12(5-14(29)30)16(32)27-11(17(33)34)2-1-3-23-18(20)21/h6,8,10-12H,1-5,7,19H2,(H,22,25)(H,24,31)(H,26,28)(H,27,32)(H,29,30)(H,33,34)(H4,20,21,23). The molecular formula is C18H29N9O7. The lowest BCUT2D eigenvalue weighted by atomic mass is 10.1. The van der Waals surface area contributed by atoms with Crippen molar-refractivity contribution >= 4 is 35.6 Å². The minimum absolute atomic E-state index is 0.0458. The molecule has 0 fully saturated rings. The second-order valence-electron chi connectivity index (χ2n) is 7.17. The largest absolute Gasteiger partial charge is 0.481 e. The van der Waals surface area contributed by atoms with Crippen LogP contribution in [0.25, 0.3) is 0 Å². The lowest BCUT2D eigenvalue weighted by Gasteiger charge is -2.20. The molecule has 12 N–H and O–H groups in total. The summed E-state index contributed by atoms with van der Waals surface area (Å²) in [4.78, 5) is 69.5. The van der Waals surface area contributed by atoms with Crippen molar-refractivity contribution in [3.63, 3.8) is 0 Å². The number of amides is 3. The molecule has 0 bridgehead atoms. The average molecular weight is 483 g/mol. The molecule has 0 aromatic carbocycles. The smallest absolute Gasteiger partial charge is 0.326 e. The van der Waals surface area contributed by atoms with Crippen LogP contribution in [0.15, 0.2) is 17.5 Å². The fourth-order valence-electron chi connectivity index (χ4n) is 2.69. The summed E-state index contributed by atoms with van der Waals surface area (Å²) in [6, 6.07) is -3.93. The van der Waals surface area contributed by atoms with Crippen LogP contribution in [0.4, 0.5) is 0 Å². The molecule has 188 valence electrons. The molecule has 0 radical (unpaired) electrons. The number of hydrogen-bond acceptors (Lipinski definition) is 8. The maximum absolute atomic E-state index is 12.5. The van der Waals surface area contributed by atoms with E-state index in [0.29, 0.717) is 5.69 Å². The molecule has 0 aliphatic rings. The Bertz CT molecular complexity index is 884. The summed E-state index contributed by atoms with van der Waals surface area (Å²) < 4.78 is 0. The van der Waals surface area contributed by atoms with Gasteiger partial charge in [0, 0.05) is 24.9 Å². The van der Waals surface area contributed by atoms with E-state index in [2.05, 4.69) is 30.9 Å². The molecule has 1 heterocycles. The number of guanidine groups is 1. The lowest BCUT2D eigenvalue weighted by Crippen LogP contribution is -2.54. The average Bonchev–Trinajstić information content (AvgIpc) is 3.25. The maximum atomic E-state index is 12.5. The number of aromatic nitrogens is 2. The van der Waals surface area contributed by atoms with Gasteiger partial charge < -0.3 is 48.3 Å². The molecule has 34 heavy (non-hydrogen) atoms. The van der Waals surface area contributed by atoms with Crippen LogP contribution >= 0.6 is 0 Å². The molecule has 3 amide bonds. The zero-order chi connectivity index (χ0) is 25.7. The van der Waals surface area contributed by atoms with Gasteiger partial charge in [0.1, 0.15) is 12.1 Å². The van der Waals surface area contributed by atoms with E-state index in [1.165, 1.54) is 12.5 Å². The van der Waals surface area contributed by atoms with Crippen LogP contribution in [0.2, 0.25) is 0 Å². The number of carbonyl (C=O) groups excluding carboxylic acids is 3. The van der Waals surface area contributed by atoms with Crippen molar-refractivity contribution in [3.05, 3.63) is 18.2 Å². The van der Waals surface area contributed by atoms with E-state index in [4.69, 9.17) is 22.3 Å². The van der Waals surface area contributed by atoms with E-state index in [0.717, 1.165) is 0 Å². The van der Waals surface area contributed by atoms with Gasteiger partial charge in [0.2, 0.25) is 17.7 Å². The number of nitrogens with one attached hydrogen (secondary N) is 4. The number of carboxylic acid groups (broad SMARTS) is 2. The number of nitrogens with two attached hydrogens (primary N) is 3. The molecule has 3 atom stereocenters. The Balaban J connectivity index is 2.63. The third-order valence-electron chi connectivity index (χ3n) is 4.34. The Morgan fingerprint density at radius 1 is 1.09 bits per heavy atom. The predicted octanol–water partition coefficient (Wildman–Crippen LogP) is -4.02. The van der Waals surface area contributed by atoms with Crippen molar-refractivity contribution in [2.45, 2.75) is 43.8 Å². The van der Waals surface area contributed by atoms with E-state index in [1.807, 2.05) is 0 Å². The lowest BCUT2D eigenvalue weighted by molar-refractivity contribution is -0.143. The van der Waals surface area contributed by atoms with Gasteiger partial charge in [-0.3, -0.25) is 24.2 Å². The number of carboxylic acids is 2. The minimum atomic E-state index is -1.58. The first-order chi connectivity index (χ1) is 16.0. The molecule has 1 aromatic rings.